The van der Waals surface area contributed by atoms with Crippen LogP contribution in [0, 0.1) is 5.41 Å². The molecule has 36 heavy (non-hydrogen) atoms. The Morgan fingerprint density at radius 3 is 2.53 bits per heavy atom. The normalized spacial score (nSPS) is 16.7. The number of nitrogens with zero attached hydrogens (tertiary/aromatic N) is 3. The Morgan fingerprint density at radius 1 is 1.11 bits per heavy atom. The minimum absolute atomic E-state index is 0.129. The van der Waals surface area contributed by atoms with Crippen LogP contribution in [-0.4, -0.2) is 67.5 Å². The number of aromatic nitrogens is 1. The summed E-state index contributed by atoms with van der Waals surface area (Å²) in [5, 5.41) is 22.7. The molecule has 1 saturated heterocycles. The molecule has 1 aromatic heterocycles. The fraction of sp³-hybridized carbons (Fsp3) is 0.500. The van der Waals surface area contributed by atoms with E-state index in [1.807, 2.05) is 43.4 Å². The van der Waals surface area contributed by atoms with E-state index in [-0.39, 0.29) is 12.0 Å². The molecule has 0 unspecified atom stereocenters. The first-order chi connectivity index (χ1) is 17.4. The second-order valence-electron chi connectivity index (χ2n) is 10.5. The van der Waals surface area contributed by atoms with Crippen molar-refractivity contribution in [3.8, 4) is 5.75 Å². The van der Waals surface area contributed by atoms with Crippen LogP contribution in [0.4, 0.5) is 5.69 Å². The molecule has 0 bridgehead atoms. The van der Waals surface area contributed by atoms with E-state index in [1.54, 1.807) is 7.11 Å². The summed E-state index contributed by atoms with van der Waals surface area (Å²) in [6.45, 7) is 3.27. The molecule has 6 nitrogen and oxygen atoms in total. The molecular formula is C30H41N3O3. The van der Waals surface area contributed by atoms with Gasteiger partial charge in [-0.2, -0.15) is 0 Å². The molecule has 1 atom stereocenters. The predicted octanol–water partition coefficient (Wildman–Crippen LogP) is 4.83. The van der Waals surface area contributed by atoms with E-state index in [4.69, 9.17) is 4.74 Å². The molecule has 1 aliphatic heterocycles. The first-order valence-electron chi connectivity index (χ1n) is 13.1. The van der Waals surface area contributed by atoms with Crippen LogP contribution in [0.3, 0.4) is 0 Å². The zero-order chi connectivity index (χ0) is 25.5. The van der Waals surface area contributed by atoms with Gasteiger partial charge in [-0.1, -0.05) is 30.3 Å². The number of hydrogen-bond acceptors (Lipinski definition) is 6. The quantitative estimate of drug-likeness (QED) is 0.400. The van der Waals surface area contributed by atoms with Crippen molar-refractivity contribution in [3.63, 3.8) is 0 Å². The summed E-state index contributed by atoms with van der Waals surface area (Å²) >= 11 is 0. The SMILES string of the molecule is COc1ccc2ncc(N(C)C)c([C@@H](O)CCC3(CO)CCN(CCCc4ccccc4)CC3)c2c1. The minimum atomic E-state index is -0.646. The molecule has 0 saturated carbocycles. The Hall–Kier alpha value is -2.67. The molecule has 194 valence electrons. The first-order valence-corrected chi connectivity index (χ1v) is 13.1. The molecule has 4 rings (SSSR count). The fourth-order valence-corrected chi connectivity index (χ4v) is 5.49. The summed E-state index contributed by atoms with van der Waals surface area (Å²) in [6, 6.07) is 16.5. The van der Waals surface area contributed by atoms with Crippen molar-refractivity contribution in [1.29, 1.82) is 0 Å². The molecule has 6 heteroatoms. The summed E-state index contributed by atoms with van der Waals surface area (Å²) in [5.41, 5.74) is 3.91. The third-order valence-corrected chi connectivity index (χ3v) is 7.89. The van der Waals surface area contributed by atoms with Crippen molar-refractivity contribution in [2.75, 3.05) is 52.3 Å². The maximum Gasteiger partial charge on any atom is 0.119 e. The van der Waals surface area contributed by atoms with E-state index in [9.17, 15) is 10.2 Å². The number of fused-ring (bicyclic) bond motifs is 1. The molecule has 3 aromatic rings. The topological polar surface area (TPSA) is 69.1 Å². The molecular weight excluding hydrogens is 450 g/mol. The van der Waals surface area contributed by atoms with E-state index >= 15 is 0 Å². The number of rotatable bonds is 11. The Kier molecular flexibility index (Phi) is 8.83. The zero-order valence-corrected chi connectivity index (χ0v) is 22.0. The number of anilines is 1. The van der Waals surface area contributed by atoms with Crippen molar-refractivity contribution < 1.29 is 14.9 Å². The van der Waals surface area contributed by atoms with Crippen molar-refractivity contribution in [3.05, 3.63) is 65.9 Å². The van der Waals surface area contributed by atoms with Crippen LogP contribution in [0.1, 0.15) is 49.3 Å². The smallest absolute Gasteiger partial charge is 0.119 e. The Balaban J connectivity index is 1.39. The van der Waals surface area contributed by atoms with E-state index < -0.39 is 6.10 Å². The van der Waals surface area contributed by atoms with E-state index in [0.717, 1.165) is 79.6 Å². The van der Waals surface area contributed by atoms with Gasteiger partial charge in [-0.15, -0.1) is 0 Å². The molecule has 2 N–H and O–H groups in total. The van der Waals surface area contributed by atoms with Crippen molar-refractivity contribution in [2.45, 2.75) is 44.6 Å². The molecule has 0 radical (unpaired) electrons. The highest BCUT2D eigenvalue weighted by Crippen LogP contribution is 2.41. The predicted molar refractivity (Wildman–Crippen MR) is 147 cm³/mol. The van der Waals surface area contributed by atoms with Gasteiger partial charge in [-0.25, -0.2) is 0 Å². The molecule has 0 amide bonds. The standard InChI is InChI=1S/C30H41N3O3/c1-32(2)27-21-31-26-12-11-24(36-3)20-25(26)29(27)28(35)13-14-30(22-34)15-18-33(19-16-30)17-7-10-23-8-5-4-6-9-23/h4-6,8-9,11-12,20-21,28,34-35H,7,10,13-19,22H2,1-3H3/t28-/m0/s1. The van der Waals surface area contributed by atoms with Gasteiger partial charge in [0.15, 0.2) is 0 Å². The Bertz CT molecular complexity index is 1110. The lowest BCUT2D eigenvalue weighted by Crippen LogP contribution is -2.42. The molecule has 0 aliphatic carbocycles. The number of ether oxygens (including phenoxy) is 1. The lowest BCUT2D eigenvalue weighted by Gasteiger charge is -2.41. The molecule has 2 heterocycles. The van der Waals surface area contributed by atoms with Gasteiger partial charge in [0.1, 0.15) is 5.75 Å². The van der Waals surface area contributed by atoms with Gasteiger partial charge in [0.05, 0.1) is 30.6 Å². The van der Waals surface area contributed by atoms with Gasteiger partial charge in [0, 0.05) is 31.7 Å². The van der Waals surface area contributed by atoms with Crippen LogP contribution in [-0.2, 0) is 6.42 Å². The lowest BCUT2D eigenvalue weighted by atomic mass is 9.74. The number of hydrogen-bond donors (Lipinski definition) is 2. The number of pyridine rings is 1. The third kappa shape index (κ3) is 6.17. The second kappa shape index (κ2) is 12.0. The lowest BCUT2D eigenvalue weighted by molar-refractivity contribution is 0.0235. The van der Waals surface area contributed by atoms with Crippen molar-refractivity contribution >= 4 is 16.6 Å². The van der Waals surface area contributed by atoms with Crippen LogP contribution < -0.4 is 9.64 Å². The summed E-state index contributed by atoms with van der Waals surface area (Å²) in [6.07, 6.45) is 6.78. The summed E-state index contributed by atoms with van der Waals surface area (Å²) < 4.78 is 5.45. The zero-order valence-electron chi connectivity index (χ0n) is 22.0. The maximum atomic E-state index is 11.4. The van der Waals surface area contributed by atoms with Crippen LogP contribution in [0.15, 0.2) is 54.7 Å². The molecule has 1 aliphatic rings. The van der Waals surface area contributed by atoms with Gasteiger partial charge in [-0.3, -0.25) is 4.98 Å². The van der Waals surface area contributed by atoms with E-state index in [2.05, 4.69) is 40.2 Å². The van der Waals surface area contributed by atoms with Crippen LogP contribution in [0.2, 0.25) is 0 Å². The third-order valence-electron chi connectivity index (χ3n) is 7.89. The minimum Gasteiger partial charge on any atom is -0.497 e. The van der Waals surface area contributed by atoms with Crippen LogP contribution in [0.5, 0.6) is 5.75 Å². The number of aliphatic hydroxyl groups excluding tert-OH is 2. The van der Waals surface area contributed by atoms with Crippen molar-refractivity contribution in [1.82, 2.24) is 9.88 Å². The number of aryl methyl sites for hydroxylation is 1. The molecule has 0 spiro atoms. The second-order valence-corrected chi connectivity index (χ2v) is 10.5. The highest BCUT2D eigenvalue weighted by molar-refractivity contribution is 5.88. The highest BCUT2D eigenvalue weighted by atomic mass is 16.5. The van der Waals surface area contributed by atoms with Gasteiger partial charge in [0.2, 0.25) is 0 Å². The van der Waals surface area contributed by atoms with Crippen LogP contribution in [0.25, 0.3) is 10.9 Å². The van der Waals surface area contributed by atoms with Gasteiger partial charge in [-0.05, 0) is 87.3 Å². The molecule has 2 aromatic carbocycles. The number of benzene rings is 2. The first kappa shape index (κ1) is 26.4. The average molecular weight is 492 g/mol. The average Bonchev–Trinajstić information content (AvgIpc) is 2.92. The maximum absolute atomic E-state index is 11.4. The highest BCUT2D eigenvalue weighted by Gasteiger charge is 2.34. The number of aliphatic hydroxyl groups is 2. The van der Waals surface area contributed by atoms with Gasteiger partial charge in [0.25, 0.3) is 0 Å². The number of methoxy groups -OCH3 is 1. The van der Waals surface area contributed by atoms with Crippen molar-refractivity contribution in [2.24, 2.45) is 5.41 Å². The summed E-state index contributed by atoms with van der Waals surface area (Å²) in [4.78, 5) is 9.13. The fourth-order valence-electron chi connectivity index (χ4n) is 5.49. The van der Waals surface area contributed by atoms with E-state index in [0.29, 0.717) is 6.42 Å². The van der Waals surface area contributed by atoms with E-state index in [1.165, 1.54) is 5.56 Å². The number of likely N-dealkylation sites (tertiary alicyclic amines) is 1. The largest absolute Gasteiger partial charge is 0.497 e. The van der Waals surface area contributed by atoms with Gasteiger partial charge >= 0.3 is 0 Å². The van der Waals surface area contributed by atoms with Gasteiger partial charge < -0.3 is 24.7 Å². The monoisotopic (exact) mass is 491 g/mol. The Labute approximate surface area is 215 Å². The molecule has 1 fully saturated rings. The summed E-state index contributed by atoms with van der Waals surface area (Å²) in [7, 11) is 5.60. The summed E-state index contributed by atoms with van der Waals surface area (Å²) in [5.74, 6) is 0.750. The number of piperidine rings is 1. The van der Waals surface area contributed by atoms with Crippen LogP contribution >= 0.6 is 0 Å². The Morgan fingerprint density at radius 2 is 1.86 bits per heavy atom.